The molecule has 0 bridgehead atoms. The molecule has 1 amide bonds. The quantitative estimate of drug-likeness (QED) is 0.380. The summed E-state index contributed by atoms with van der Waals surface area (Å²) < 4.78 is 13.0. The molecule has 0 unspecified atom stereocenters. The van der Waals surface area contributed by atoms with Crippen molar-refractivity contribution in [2.45, 2.75) is 39.2 Å². The number of benzene rings is 1. The number of rotatable bonds is 7. The average molecular weight is 519 g/mol. The van der Waals surface area contributed by atoms with Crippen molar-refractivity contribution in [3.63, 3.8) is 0 Å². The lowest BCUT2D eigenvalue weighted by Gasteiger charge is -2.12. The highest BCUT2D eigenvalue weighted by molar-refractivity contribution is 9.10. The van der Waals surface area contributed by atoms with E-state index in [4.69, 9.17) is 9.47 Å². The van der Waals surface area contributed by atoms with Crippen LogP contribution in [0.1, 0.15) is 35.8 Å². The molecule has 10 heteroatoms. The van der Waals surface area contributed by atoms with Crippen LogP contribution in [-0.4, -0.2) is 35.4 Å². The van der Waals surface area contributed by atoms with E-state index in [0.717, 1.165) is 40.5 Å². The Morgan fingerprint density at radius 1 is 1.38 bits per heavy atom. The molecule has 0 fully saturated rings. The topological polar surface area (TPSA) is 94.8 Å². The number of methoxy groups -OCH3 is 1. The SMILES string of the molecule is CCOc1c(Br)cc(/C=N/NC(=O)Cn2cnc3sc4c(c3c2=O)CCCC4)cc1OC. The summed E-state index contributed by atoms with van der Waals surface area (Å²) in [6, 6.07) is 3.57. The maximum Gasteiger partial charge on any atom is 0.262 e. The van der Waals surface area contributed by atoms with Crippen molar-refractivity contribution in [2.75, 3.05) is 13.7 Å². The Morgan fingerprint density at radius 3 is 2.97 bits per heavy atom. The van der Waals surface area contributed by atoms with Crippen LogP contribution in [0.2, 0.25) is 0 Å². The van der Waals surface area contributed by atoms with Gasteiger partial charge in [-0.05, 0) is 71.8 Å². The molecule has 0 saturated heterocycles. The second-order valence-corrected chi connectivity index (χ2v) is 9.27. The summed E-state index contributed by atoms with van der Waals surface area (Å²) in [6.45, 7) is 2.25. The molecule has 0 aliphatic heterocycles. The molecule has 0 radical (unpaired) electrons. The van der Waals surface area contributed by atoms with Gasteiger partial charge in [-0.15, -0.1) is 11.3 Å². The highest BCUT2D eigenvalue weighted by atomic mass is 79.9. The molecule has 4 rings (SSSR count). The summed E-state index contributed by atoms with van der Waals surface area (Å²) in [5.41, 5.74) is 4.11. The molecule has 32 heavy (non-hydrogen) atoms. The first kappa shape index (κ1) is 22.5. The zero-order valence-electron chi connectivity index (χ0n) is 17.8. The predicted octanol–water partition coefficient (Wildman–Crippen LogP) is 3.66. The zero-order valence-corrected chi connectivity index (χ0v) is 20.2. The third kappa shape index (κ3) is 4.56. The summed E-state index contributed by atoms with van der Waals surface area (Å²) in [7, 11) is 1.56. The fourth-order valence-electron chi connectivity index (χ4n) is 3.76. The number of carbonyl (C=O) groups excluding carboxylic acids is 1. The second kappa shape index (κ2) is 9.83. The van der Waals surface area contributed by atoms with E-state index < -0.39 is 5.91 Å². The number of thiophene rings is 1. The Kier molecular flexibility index (Phi) is 6.90. The molecule has 1 aliphatic rings. The van der Waals surface area contributed by atoms with E-state index in [1.165, 1.54) is 22.0 Å². The lowest BCUT2D eigenvalue weighted by molar-refractivity contribution is -0.121. The molecule has 0 spiro atoms. The molecule has 1 aromatic carbocycles. The lowest BCUT2D eigenvalue weighted by atomic mass is 9.97. The van der Waals surface area contributed by atoms with Gasteiger partial charge < -0.3 is 9.47 Å². The monoisotopic (exact) mass is 518 g/mol. The van der Waals surface area contributed by atoms with E-state index >= 15 is 0 Å². The van der Waals surface area contributed by atoms with E-state index in [0.29, 0.717) is 29.1 Å². The molecule has 8 nitrogen and oxygen atoms in total. The van der Waals surface area contributed by atoms with Crippen LogP contribution in [0.4, 0.5) is 0 Å². The van der Waals surface area contributed by atoms with Gasteiger partial charge in [-0.25, -0.2) is 10.4 Å². The van der Waals surface area contributed by atoms with E-state index in [1.54, 1.807) is 24.5 Å². The number of hydrogen-bond donors (Lipinski definition) is 1. The van der Waals surface area contributed by atoms with E-state index in [2.05, 4.69) is 31.4 Å². The van der Waals surface area contributed by atoms with Gasteiger partial charge in [0.1, 0.15) is 11.4 Å². The minimum atomic E-state index is -0.412. The van der Waals surface area contributed by atoms with Crippen molar-refractivity contribution in [1.29, 1.82) is 0 Å². The maximum atomic E-state index is 13.0. The predicted molar refractivity (Wildman–Crippen MR) is 128 cm³/mol. The normalized spacial score (nSPS) is 13.3. The molecule has 168 valence electrons. The Labute approximate surface area is 197 Å². The molecule has 0 atom stereocenters. The number of hydrazone groups is 1. The summed E-state index contributed by atoms with van der Waals surface area (Å²) in [5.74, 6) is 0.749. The van der Waals surface area contributed by atoms with Crippen molar-refractivity contribution in [1.82, 2.24) is 15.0 Å². The first-order valence-corrected chi connectivity index (χ1v) is 11.9. The van der Waals surface area contributed by atoms with E-state index in [9.17, 15) is 9.59 Å². The van der Waals surface area contributed by atoms with Gasteiger partial charge in [0.05, 0.1) is 36.1 Å². The van der Waals surface area contributed by atoms with Crippen LogP contribution in [0.15, 0.2) is 32.8 Å². The zero-order chi connectivity index (χ0) is 22.7. The number of aromatic nitrogens is 2. The minimum absolute atomic E-state index is 0.153. The standard InChI is InChI=1S/C22H23BrN4O4S/c1-3-31-20-15(23)8-13(9-16(20)30-2)10-25-26-18(28)11-27-12-24-21-19(22(27)29)14-6-4-5-7-17(14)32-21/h8-10,12H,3-7,11H2,1-2H3,(H,26,28)/b25-10+. The average Bonchev–Trinajstić information content (AvgIpc) is 3.16. The Hall–Kier alpha value is -2.72. The van der Waals surface area contributed by atoms with Crippen molar-refractivity contribution in [3.05, 3.63) is 49.3 Å². The van der Waals surface area contributed by atoms with Crippen molar-refractivity contribution < 1.29 is 14.3 Å². The number of carbonyl (C=O) groups is 1. The number of ether oxygens (including phenoxy) is 2. The second-order valence-electron chi connectivity index (χ2n) is 7.33. The van der Waals surface area contributed by atoms with Gasteiger partial charge in [-0.1, -0.05) is 0 Å². The van der Waals surface area contributed by atoms with Gasteiger partial charge in [0, 0.05) is 4.88 Å². The maximum absolute atomic E-state index is 13.0. The minimum Gasteiger partial charge on any atom is -0.493 e. The summed E-state index contributed by atoms with van der Waals surface area (Å²) in [6.07, 6.45) is 7.05. The number of amides is 1. The van der Waals surface area contributed by atoms with Crippen LogP contribution in [-0.2, 0) is 24.2 Å². The number of halogens is 1. The van der Waals surface area contributed by atoms with Crippen LogP contribution >= 0.6 is 27.3 Å². The van der Waals surface area contributed by atoms with Gasteiger partial charge in [-0.2, -0.15) is 5.10 Å². The van der Waals surface area contributed by atoms with Gasteiger partial charge in [0.2, 0.25) is 0 Å². The number of nitrogens with one attached hydrogen (secondary N) is 1. The van der Waals surface area contributed by atoms with Gasteiger partial charge in [-0.3, -0.25) is 14.2 Å². The fourth-order valence-corrected chi connectivity index (χ4v) is 5.56. The molecule has 1 N–H and O–H groups in total. The van der Waals surface area contributed by atoms with E-state index in [-0.39, 0.29) is 12.1 Å². The smallest absolute Gasteiger partial charge is 0.262 e. The summed E-state index contributed by atoms with van der Waals surface area (Å²) in [4.78, 5) is 31.8. The number of aryl methyl sites for hydroxylation is 2. The first-order chi connectivity index (χ1) is 15.5. The van der Waals surface area contributed by atoms with Crippen molar-refractivity contribution in [3.8, 4) is 11.5 Å². The highest BCUT2D eigenvalue weighted by Crippen LogP contribution is 2.36. The third-order valence-corrected chi connectivity index (χ3v) is 6.99. The van der Waals surface area contributed by atoms with Gasteiger partial charge in [0.15, 0.2) is 11.5 Å². The molecule has 3 aromatic rings. The highest BCUT2D eigenvalue weighted by Gasteiger charge is 2.20. The van der Waals surface area contributed by atoms with Crippen LogP contribution in [0.3, 0.4) is 0 Å². The Morgan fingerprint density at radius 2 is 2.19 bits per heavy atom. The molecule has 0 saturated carbocycles. The Balaban J connectivity index is 1.47. The molecule has 1 aliphatic carbocycles. The van der Waals surface area contributed by atoms with Crippen LogP contribution in [0.5, 0.6) is 11.5 Å². The Bertz CT molecular complexity index is 1250. The molecular formula is C22H23BrN4O4S. The van der Waals surface area contributed by atoms with Crippen LogP contribution in [0.25, 0.3) is 10.2 Å². The van der Waals surface area contributed by atoms with Crippen LogP contribution in [0, 0.1) is 0 Å². The molecule has 2 heterocycles. The van der Waals surface area contributed by atoms with Crippen LogP contribution < -0.4 is 20.5 Å². The number of nitrogens with zero attached hydrogens (tertiary/aromatic N) is 3. The van der Waals surface area contributed by atoms with Crippen molar-refractivity contribution in [2.24, 2.45) is 5.10 Å². The molecular weight excluding hydrogens is 496 g/mol. The van der Waals surface area contributed by atoms with Gasteiger partial charge in [0.25, 0.3) is 11.5 Å². The van der Waals surface area contributed by atoms with E-state index in [1.807, 2.05) is 13.0 Å². The summed E-state index contributed by atoms with van der Waals surface area (Å²) >= 11 is 5.05. The largest absolute Gasteiger partial charge is 0.493 e. The lowest BCUT2D eigenvalue weighted by Crippen LogP contribution is -2.30. The number of hydrogen-bond acceptors (Lipinski definition) is 7. The number of fused-ring (bicyclic) bond motifs is 3. The molecule has 2 aromatic heterocycles. The van der Waals surface area contributed by atoms with Gasteiger partial charge >= 0.3 is 0 Å². The first-order valence-electron chi connectivity index (χ1n) is 10.3. The summed E-state index contributed by atoms with van der Waals surface area (Å²) in [5, 5.41) is 4.67. The van der Waals surface area contributed by atoms with Crippen molar-refractivity contribution >= 4 is 49.6 Å². The fraction of sp³-hybridized carbons (Fsp3) is 0.364. The third-order valence-electron chi connectivity index (χ3n) is 5.20.